The van der Waals surface area contributed by atoms with E-state index >= 15 is 0 Å². The van der Waals surface area contributed by atoms with E-state index in [0.717, 1.165) is 0 Å². The number of nitrogens with two attached hydrogens (primary N) is 1. The zero-order valence-electron chi connectivity index (χ0n) is 6.28. The maximum Gasteiger partial charge on any atom is 0.257 e. The monoisotopic (exact) mass is 197 g/mol. The van der Waals surface area contributed by atoms with Crippen molar-refractivity contribution in [2.75, 3.05) is 0 Å². The molecule has 0 aliphatic heterocycles. The van der Waals surface area contributed by atoms with Crippen molar-refractivity contribution in [3.05, 3.63) is 18.0 Å². The van der Waals surface area contributed by atoms with Gasteiger partial charge in [-0.05, 0) is 6.07 Å². The first-order valence-corrected chi connectivity index (χ1v) is 3.23. The van der Waals surface area contributed by atoms with Crippen LogP contribution in [0.2, 0.25) is 0 Å². The third-order valence-corrected chi connectivity index (χ3v) is 1.23. The van der Waals surface area contributed by atoms with E-state index in [2.05, 4.69) is 5.10 Å². The van der Waals surface area contributed by atoms with Gasteiger partial charge in [0.2, 0.25) is 0 Å². The molecule has 1 aromatic heterocycles. The molecule has 0 radical (unpaired) electrons. The molecule has 0 amide bonds. The van der Waals surface area contributed by atoms with Crippen molar-refractivity contribution in [3.63, 3.8) is 0 Å². The normalized spacial score (nSPS) is 10.0. The number of hydrogen-bond donors (Lipinski definition) is 1. The van der Waals surface area contributed by atoms with E-state index in [9.17, 15) is 8.78 Å². The standard InChI is InChI=1S/C6H9F2N3.ClH/c7-6(8)4-11-2-1-5(3-9)10-11;/h1-2,6H,3-4,9H2;1H. The Hall–Kier alpha value is -0.680. The maximum atomic E-state index is 11.7. The Kier molecular flexibility index (Phi) is 4.77. The van der Waals surface area contributed by atoms with Crippen LogP contribution in [0.5, 0.6) is 0 Å². The van der Waals surface area contributed by atoms with Gasteiger partial charge in [-0.3, -0.25) is 4.68 Å². The van der Waals surface area contributed by atoms with Gasteiger partial charge in [-0.1, -0.05) is 0 Å². The van der Waals surface area contributed by atoms with E-state index < -0.39 is 6.43 Å². The fraction of sp³-hybridized carbons (Fsp3) is 0.500. The maximum absolute atomic E-state index is 11.7. The van der Waals surface area contributed by atoms with Gasteiger partial charge in [0.15, 0.2) is 0 Å². The molecule has 3 nitrogen and oxygen atoms in total. The summed E-state index contributed by atoms with van der Waals surface area (Å²) in [7, 11) is 0. The van der Waals surface area contributed by atoms with E-state index in [1.54, 1.807) is 6.07 Å². The van der Waals surface area contributed by atoms with Crippen LogP contribution in [0, 0.1) is 0 Å². The molecule has 12 heavy (non-hydrogen) atoms. The minimum atomic E-state index is -2.36. The summed E-state index contributed by atoms with van der Waals surface area (Å²) >= 11 is 0. The molecule has 70 valence electrons. The average molecular weight is 198 g/mol. The van der Waals surface area contributed by atoms with Gasteiger partial charge < -0.3 is 5.73 Å². The van der Waals surface area contributed by atoms with Crippen LogP contribution in [0.15, 0.2) is 12.3 Å². The van der Waals surface area contributed by atoms with Gasteiger partial charge in [0.05, 0.1) is 5.69 Å². The molecule has 0 atom stereocenters. The molecular formula is C6H10ClF2N3. The quantitative estimate of drug-likeness (QED) is 0.787. The topological polar surface area (TPSA) is 43.8 Å². The Labute approximate surface area is 75.0 Å². The Morgan fingerprint density at radius 1 is 1.58 bits per heavy atom. The fourth-order valence-corrected chi connectivity index (χ4v) is 0.756. The minimum absolute atomic E-state index is 0. The average Bonchev–Trinajstić information content (AvgIpc) is 2.34. The van der Waals surface area contributed by atoms with Crippen molar-refractivity contribution in [1.29, 1.82) is 0 Å². The highest BCUT2D eigenvalue weighted by Gasteiger charge is 2.04. The van der Waals surface area contributed by atoms with E-state index in [0.29, 0.717) is 5.69 Å². The highest BCUT2D eigenvalue weighted by Crippen LogP contribution is 1.99. The molecule has 6 heteroatoms. The molecule has 0 saturated carbocycles. The molecule has 2 N–H and O–H groups in total. The van der Waals surface area contributed by atoms with Crippen molar-refractivity contribution in [2.45, 2.75) is 19.5 Å². The molecule has 0 aliphatic carbocycles. The third kappa shape index (κ3) is 3.15. The molecule has 0 spiro atoms. The number of rotatable bonds is 3. The molecule has 0 aromatic carbocycles. The van der Waals surface area contributed by atoms with E-state index in [1.165, 1.54) is 10.9 Å². The predicted molar refractivity (Wildman–Crippen MR) is 43.4 cm³/mol. The summed E-state index contributed by atoms with van der Waals surface area (Å²) in [6.07, 6.45) is -0.866. The second kappa shape index (κ2) is 5.05. The van der Waals surface area contributed by atoms with Crippen LogP contribution in [-0.4, -0.2) is 16.2 Å². The minimum Gasteiger partial charge on any atom is -0.325 e. The lowest BCUT2D eigenvalue weighted by Crippen LogP contribution is -2.08. The predicted octanol–water partition coefficient (Wildman–Crippen LogP) is 1.03. The SMILES string of the molecule is Cl.NCc1ccn(CC(F)F)n1. The lowest BCUT2D eigenvalue weighted by atomic mass is 10.4. The second-order valence-corrected chi connectivity index (χ2v) is 2.12. The molecule has 0 fully saturated rings. The molecule has 0 saturated heterocycles. The van der Waals surface area contributed by atoms with Gasteiger partial charge in [-0.15, -0.1) is 12.4 Å². The summed E-state index contributed by atoms with van der Waals surface area (Å²) in [6, 6.07) is 1.63. The lowest BCUT2D eigenvalue weighted by molar-refractivity contribution is 0.121. The van der Waals surface area contributed by atoms with Gasteiger partial charge >= 0.3 is 0 Å². The molecule has 0 bridgehead atoms. The van der Waals surface area contributed by atoms with Gasteiger partial charge in [0.25, 0.3) is 6.43 Å². The van der Waals surface area contributed by atoms with E-state index in [1.807, 2.05) is 0 Å². The zero-order chi connectivity index (χ0) is 8.27. The van der Waals surface area contributed by atoms with Gasteiger partial charge in [0, 0.05) is 12.7 Å². The lowest BCUT2D eigenvalue weighted by Gasteiger charge is -1.97. The Balaban J connectivity index is 0.00000121. The van der Waals surface area contributed by atoms with E-state index in [4.69, 9.17) is 5.73 Å². The van der Waals surface area contributed by atoms with Crippen LogP contribution in [0.3, 0.4) is 0 Å². The Morgan fingerprint density at radius 3 is 2.67 bits per heavy atom. The third-order valence-electron chi connectivity index (χ3n) is 1.23. The van der Waals surface area contributed by atoms with Crippen molar-refractivity contribution >= 4 is 12.4 Å². The van der Waals surface area contributed by atoms with Crippen LogP contribution in [0.25, 0.3) is 0 Å². The molecule has 0 unspecified atom stereocenters. The second-order valence-electron chi connectivity index (χ2n) is 2.12. The summed E-state index contributed by atoms with van der Waals surface area (Å²) in [4.78, 5) is 0. The number of aromatic nitrogens is 2. The zero-order valence-corrected chi connectivity index (χ0v) is 7.10. The van der Waals surface area contributed by atoms with Gasteiger partial charge in [0.1, 0.15) is 6.54 Å². The number of halogens is 3. The van der Waals surface area contributed by atoms with Crippen LogP contribution in [0.4, 0.5) is 8.78 Å². The van der Waals surface area contributed by atoms with Gasteiger partial charge in [-0.2, -0.15) is 5.10 Å². The highest BCUT2D eigenvalue weighted by atomic mass is 35.5. The summed E-state index contributed by atoms with van der Waals surface area (Å²) in [5.74, 6) is 0. The van der Waals surface area contributed by atoms with E-state index in [-0.39, 0.29) is 25.5 Å². The van der Waals surface area contributed by atoms with Crippen LogP contribution < -0.4 is 5.73 Å². The highest BCUT2D eigenvalue weighted by molar-refractivity contribution is 5.85. The summed E-state index contributed by atoms with van der Waals surface area (Å²) in [5.41, 5.74) is 5.86. The molecule has 1 rings (SSSR count). The Bertz CT molecular complexity index is 226. The van der Waals surface area contributed by atoms with Crippen molar-refractivity contribution in [2.24, 2.45) is 5.73 Å². The fourth-order valence-electron chi connectivity index (χ4n) is 0.756. The van der Waals surface area contributed by atoms with Gasteiger partial charge in [-0.25, -0.2) is 8.78 Å². The first-order valence-electron chi connectivity index (χ1n) is 3.23. The summed E-state index contributed by atoms with van der Waals surface area (Å²) in [5, 5.41) is 3.78. The van der Waals surface area contributed by atoms with Crippen LogP contribution in [0.1, 0.15) is 5.69 Å². The molecular weight excluding hydrogens is 188 g/mol. The molecule has 0 aliphatic rings. The number of nitrogens with zero attached hydrogens (tertiary/aromatic N) is 2. The van der Waals surface area contributed by atoms with Crippen molar-refractivity contribution in [3.8, 4) is 0 Å². The summed E-state index contributed by atoms with van der Waals surface area (Å²) < 4.78 is 24.7. The van der Waals surface area contributed by atoms with Crippen LogP contribution >= 0.6 is 12.4 Å². The van der Waals surface area contributed by atoms with Crippen LogP contribution in [-0.2, 0) is 13.1 Å². The largest absolute Gasteiger partial charge is 0.325 e. The Morgan fingerprint density at radius 2 is 2.25 bits per heavy atom. The summed E-state index contributed by atoms with van der Waals surface area (Å²) in [6.45, 7) is -0.0732. The number of hydrogen-bond acceptors (Lipinski definition) is 2. The van der Waals surface area contributed by atoms with Crippen molar-refractivity contribution < 1.29 is 8.78 Å². The number of alkyl halides is 2. The first kappa shape index (κ1) is 11.3. The molecule has 1 aromatic rings. The van der Waals surface area contributed by atoms with Crippen molar-refractivity contribution in [1.82, 2.24) is 9.78 Å². The first-order chi connectivity index (χ1) is 5.22. The molecule has 1 heterocycles. The smallest absolute Gasteiger partial charge is 0.257 e.